The zero-order chi connectivity index (χ0) is 16.7. The van der Waals surface area contributed by atoms with E-state index in [0.717, 1.165) is 11.6 Å². The third-order valence-corrected chi connectivity index (χ3v) is 5.20. The molecule has 2 aliphatic carbocycles. The first-order valence-corrected chi connectivity index (χ1v) is 9.02. The molecule has 5 nitrogen and oxygen atoms in total. The molecule has 0 bridgehead atoms. The lowest BCUT2D eigenvalue weighted by molar-refractivity contribution is -0.120. The van der Waals surface area contributed by atoms with Gasteiger partial charge in [0, 0.05) is 22.0 Å². The molecule has 7 heteroatoms. The summed E-state index contributed by atoms with van der Waals surface area (Å²) in [5.41, 5.74) is 0.653. The number of benzene rings is 1. The molecule has 0 unspecified atom stereocenters. The molecule has 4 rings (SSSR count). The fourth-order valence-electron chi connectivity index (χ4n) is 2.91. The SMILES string of the molecule is O=C(Cc1c(Cl)cccc1Cl)NCc1nnc(C2CC2)n1C1CC1. The zero-order valence-corrected chi connectivity index (χ0v) is 14.6. The maximum absolute atomic E-state index is 12.3. The first-order valence-electron chi connectivity index (χ1n) is 8.26. The van der Waals surface area contributed by atoms with Gasteiger partial charge in [0.2, 0.25) is 5.91 Å². The Hall–Kier alpha value is -1.59. The maximum Gasteiger partial charge on any atom is 0.224 e. The number of hydrogen-bond acceptors (Lipinski definition) is 3. The smallest absolute Gasteiger partial charge is 0.224 e. The number of carbonyl (C=O) groups excluding carboxylic acids is 1. The van der Waals surface area contributed by atoms with Crippen molar-refractivity contribution in [1.82, 2.24) is 20.1 Å². The highest BCUT2D eigenvalue weighted by Crippen LogP contribution is 2.44. The summed E-state index contributed by atoms with van der Waals surface area (Å²) in [4.78, 5) is 12.3. The molecule has 1 aromatic heterocycles. The van der Waals surface area contributed by atoms with Crippen LogP contribution in [0.4, 0.5) is 0 Å². The summed E-state index contributed by atoms with van der Waals surface area (Å²) in [5.74, 6) is 2.38. The fourth-order valence-corrected chi connectivity index (χ4v) is 3.44. The van der Waals surface area contributed by atoms with Crippen molar-refractivity contribution in [1.29, 1.82) is 0 Å². The number of halogens is 2. The van der Waals surface area contributed by atoms with Crippen molar-refractivity contribution in [2.75, 3.05) is 0 Å². The van der Waals surface area contributed by atoms with Crippen molar-refractivity contribution >= 4 is 29.1 Å². The van der Waals surface area contributed by atoms with Crippen LogP contribution in [0.2, 0.25) is 10.0 Å². The molecule has 0 saturated heterocycles. The number of amides is 1. The van der Waals surface area contributed by atoms with Gasteiger partial charge < -0.3 is 9.88 Å². The summed E-state index contributed by atoms with van der Waals surface area (Å²) in [5, 5.41) is 12.6. The van der Waals surface area contributed by atoms with Crippen molar-refractivity contribution < 1.29 is 4.79 Å². The Morgan fingerprint density at radius 1 is 1.17 bits per heavy atom. The van der Waals surface area contributed by atoms with E-state index >= 15 is 0 Å². The van der Waals surface area contributed by atoms with Crippen LogP contribution in [0.15, 0.2) is 18.2 Å². The number of hydrogen-bond donors (Lipinski definition) is 1. The Labute approximate surface area is 150 Å². The van der Waals surface area contributed by atoms with Gasteiger partial charge in [-0.15, -0.1) is 10.2 Å². The minimum absolute atomic E-state index is 0.122. The predicted octanol–water partition coefficient (Wildman–Crippen LogP) is 3.66. The van der Waals surface area contributed by atoms with E-state index in [-0.39, 0.29) is 12.3 Å². The van der Waals surface area contributed by atoms with Gasteiger partial charge in [0.15, 0.2) is 5.82 Å². The Kier molecular flexibility index (Phi) is 4.22. The molecule has 0 aliphatic heterocycles. The van der Waals surface area contributed by atoms with E-state index < -0.39 is 0 Å². The average Bonchev–Trinajstić information content (AvgIpc) is 3.48. The summed E-state index contributed by atoms with van der Waals surface area (Å²) in [6.45, 7) is 0.386. The lowest BCUT2D eigenvalue weighted by Gasteiger charge is -2.10. The third kappa shape index (κ3) is 3.28. The fraction of sp³-hybridized carbons (Fsp3) is 0.471. The average molecular weight is 365 g/mol. The zero-order valence-electron chi connectivity index (χ0n) is 13.1. The molecule has 2 aromatic rings. The minimum Gasteiger partial charge on any atom is -0.349 e. The number of nitrogens with zero attached hydrogens (tertiary/aromatic N) is 3. The Balaban J connectivity index is 1.43. The van der Waals surface area contributed by atoms with Gasteiger partial charge in [-0.3, -0.25) is 4.79 Å². The summed E-state index contributed by atoms with van der Waals surface area (Å²) in [6.07, 6.45) is 4.90. The number of carbonyl (C=O) groups is 1. The largest absolute Gasteiger partial charge is 0.349 e. The van der Waals surface area contributed by atoms with Gasteiger partial charge in [-0.25, -0.2) is 0 Å². The van der Waals surface area contributed by atoms with Gasteiger partial charge in [0.25, 0.3) is 0 Å². The van der Waals surface area contributed by atoms with E-state index in [2.05, 4.69) is 20.1 Å². The lowest BCUT2D eigenvalue weighted by atomic mass is 10.1. The van der Waals surface area contributed by atoms with Crippen LogP contribution in [-0.2, 0) is 17.8 Å². The van der Waals surface area contributed by atoms with E-state index in [9.17, 15) is 4.79 Å². The second-order valence-electron chi connectivity index (χ2n) is 6.50. The molecule has 2 fully saturated rings. The lowest BCUT2D eigenvalue weighted by Crippen LogP contribution is -2.26. The first kappa shape index (κ1) is 15.9. The molecule has 2 saturated carbocycles. The summed E-state index contributed by atoms with van der Waals surface area (Å²) >= 11 is 12.2. The van der Waals surface area contributed by atoms with Crippen molar-refractivity contribution in [3.05, 3.63) is 45.5 Å². The minimum atomic E-state index is -0.122. The first-order chi connectivity index (χ1) is 11.6. The molecule has 0 radical (unpaired) electrons. The van der Waals surface area contributed by atoms with Crippen LogP contribution in [0.25, 0.3) is 0 Å². The molecule has 1 N–H and O–H groups in total. The standard InChI is InChI=1S/C17H18Cl2N4O/c18-13-2-1-3-14(19)12(13)8-16(24)20-9-15-21-22-17(10-4-5-10)23(15)11-6-7-11/h1-3,10-11H,4-9H2,(H,20,24). The number of nitrogens with one attached hydrogen (secondary N) is 1. The topological polar surface area (TPSA) is 59.8 Å². The van der Waals surface area contributed by atoms with Gasteiger partial charge in [-0.05, 0) is 43.4 Å². The van der Waals surface area contributed by atoms with Crippen LogP contribution in [-0.4, -0.2) is 20.7 Å². The van der Waals surface area contributed by atoms with E-state index in [0.29, 0.717) is 34.1 Å². The van der Waals surface area contributed by atoms with Gasteiger partial charge in [0.1, 0.15) is 5.82 Å². The molecule has 126 valence electrons. The van der Waals surface area contributed by atoms with Crippen molar-refractivity contribution in [3.8, 4) is 0 Å². The molecular weight excluding hydrogens is 347 g/mol. The second-order valence-corrected chi connectivity index (χ2v) is 7.32. The monoisotopic (exact) mass is 364 g/mol. The summed E-state index contributed by atoms with van der Waals surface area (Å²) in [6, 6.07) is 5.76. The normalized spacial score (nSPS) is 17.1. The van der Waals surface area contributed by atoms with Crippen LogP contribution in [0, 0.1) is 0 Å². The molecular formula is C17H18Cl2N4O. The van der Waals surface area contributed by atoms with Gasteiger partial charge in [0.05, 0.1) is 13.0 Å². The predicted molar refractivity (Wildman–Crippen MR) is 92.3 cm³/mol. The molecule has 24 heavy (non-hydrogen) atoms. The molecule has 2 aliphatic rings. The van der Waals surface area contributed by atoms with E-state index in [1.54, 1.807) is 18.2 Å². The van der Waals surface area contributed by atoms with E-state index in [1.807, 2.05) is 0 Å². The van der Waals surface area contributed by atoms with Gasteiger partial charge in [-0.2, -0.15) is 0 Å². The van der Waals surface area contributed by atoms with Gasteiger partial charge >= 0.3 is 0 Å². The highest BCUT2D eigenvalue weighted by atomic mass is 35.5. The second kappa shape index (κ2) is 6.37. The van der Waals surface area contributed by atoms with Crippen LogP contribution in [0.3, 0.4) is 0 Å². The molecule has 0 atom stereocenters. The Morgan fingerprint density at radius 2 is 1.88 bits per heavy atom. The number of aromatic nitrogens is 3. The Morgan fingerprint density at radius 3 is 2.50 bits per heavy atom. The van der Waals surface area contributed by atoms with Crippen LogP contribution < -0.4 is 5.32 Å². The van der Waals surface area contributed by atoms with Crippen LogP contribution in [0.1, 0.15) is 54.9 Å². The van der Waals surface area contributed by atoms with E-state index in [4.69, 9.17) is 23.2 Å². The molecule has 1 aromatic carbocycles. The number of rotatable bonds is 6. The summed E-state index contributed by atoms with van der Waals surface area (Å²) in [7, 11) is 0. The molecule has 0 spiro atoms. The quantitative estimate of drug-likeness (QED) is 0.850. The maximum atomic E-state index is 12.3. The highest BCUT2D eigenvalue weighted by Gasteiger charge is 2.36. The van der Waals surface area contributed by atoms with Crippen molar-refractivity contribution in [3.63, 3.8) is 0 Å². The third-order valence-electron chi connectivity index (χ3n) is 4.49. The van der Waals surface area contributed by atoms with Crippen LogP contribution >= 0.6 is 23.2 Å². The molecule has 1 heterocycles. The summed E-state index contributed by atoms with van der Waals surface area (Å²) < 4.78 is 2.24. The highest BCUT2D eigenvalue weighted by molar-refractivity contribution is 6.36. The van der Waals surface area contributed by atoms with Crippen molar-refractivity contribution in [2.24, 2.45) is 0 Å². The van der Waals surface area contributed by atoms with Gasteiger partial charge in [-0.1, -0.05) is 29.3 Å². The van der Waals surface area contributed by atoms with Crippen molar-refractivity contribution in [2.45, 2.75) is 50.6 Å². The van der Waals surface area contributed by atoms with Crippen LogP contribution in [0.5, 0.6) is 0 Å². The molecule has 1 amide bonds. The van der Waals surface area contributed by atoms with E-state index in [1.165, 1.54) is 25.7 Å². The Bertz CT molecular complexity index is 761.